The average molecular weight is 249 g/mol. The maximum atomic E-state index is 12.0. The predicted octanol–water partition coefficient (Wildman–Crippen LogP) is 0.704. The van der Waals surface area contributed by atoms with E-state index in [1.54, 1.807) is 13.3 Å². The third-order valence-corrected chi connectivity index (χ3v) is 3.29. The van der Waals surface area contributed by atoms with Gasteiger partial charge >= 0.3 is 0 Å². The fourth-order valence-corrected chi connectivity index (χ4v) is 2.16. The second-order valence-electron chi connectivity index (χ2n) is 4.62. The lowest BCUT2D eigenvalue weighted by atomic mass is 10.0. The lowest BCUT2D eigenvalue weighted by Gasteiger charge is -2.15. The molecule has 1 aliphatic rings. The van der Waals surface area contributed by atoms with Crippen LogP contribution in [0.15, 0.2) is 18.3 Å². The van der Waals surface area contributed by atoms with E-state index in [4.69, 9.17) is 4.74 Å². The van der Waals surface area contributed by atoms with Crippen molar-refractivity contribution >= 4 is 5.91 Å². The molecule has 0 bridgehead atoms. The molecule has 2 unspecified atom stereocenters. The molecule has 2 N–H and O–H groups in total. The van der Waals surface area contributed by atoms with Gasteiger partial charge in [-0.05, 0) is 30.5 Å². The molecule has 18 heavy (non-hydrogen) atoms. The first-order chi connectivity index (χ1) is 8.70. The summed E-state index contributed by atoms with van der Waals surface area (Å²) in [5, 5.41) is 6.15. The van der Waals surface area contributed by atoms with E-state index < -0.39 is 0 Å². The van der Waals surface area contributed by atoms with Gasteiger partial charge in [-0.15, -0.1) is 0 Å². The van der Waals surface area contributed by atoms with Gasteiger partial charge in [-0.1, -0.05) is 6.92 Å². The van der Waals surface area contributed by atoms with E-state index in [2.05, 4.69) is 22.5 Å². The summed E-state index contributed by atoms with van der Waals surface area (Å²) in [4.78, 5) is 16.0. The fourth-order valence-electron chi connectivity index (χ4n) is 2.16. The van der Waals surface area contributed by atoms with Crippen molar-refractivity contribution in [2.75, 3.05) is 13.7 Å². The zero-order valence-electron chi connectivity index (χ0n) is 10.8. The van der Waals surface area contributed by atoms with Crippen LogP contribution < -0.4 is 15.4 Å². The van der Waals surface area contributed by atoms with Crippen molar-refractivity contribution in [3.8, 4) is 5.88 Å². The van der Waals surface area contributed by atoms with Gasteiger partial charge in [0.05, 0.1) is 13.2 Å². The van der Waals surface area contributed by atoms with Crippen LogP contribution in [-0.2, 0) is 11.3 Å². The minimum Gasteiger partial charge on any atom is -0.481 e. The summed E-state index contributed by atoms with van der Waals surface area (Å²) >= 11 is 0. The van der Waals surface area contributed by atoms with E-state index in [1.165, 1.54) is 0 Å². The molecular formula is C13H19N3O2. The number of carbonyl (C=O) groups excluding carboxylic acids is 1. The van der Waals surface area contributed by atoms with Gasteiger partial charge in [0, 0.05) is 18.8 Å². The highest BCUT2D eigenvalue weighted by Crippen LogP contribution is 2.14. The Morgan fingerprint density at radius 3 is 3.17 bits per heavy atom. The molecule has 2 atom stereocenters. The summed E-state index contributed by atoms with van der Waals surface area (Å²) < 4.78 is 5.04. The van der Waals surface area contributed by atoms with Gasteiger partial charge in [0.2, 0.25) is 11.8 Å². The number of rotatable bonds is 4. The third-order valence-electron chi connectivity index (χ3n) is 3.29. The molecule has 5 nitrogen and oxygen atoms in total. The minimum atomic E-state index is -0.0614. The quantitative estimate of drug-likeness (QED) is 0.824. The first kappa shape index (κ1) is 12.8. The summed E-state index contributed by atoms with van der Waals surface area (Å²) in [5.74, 6) is 1.03. The molecule has 0 aromatic carbocycles. The molecule has 98 valence electrons. The van der Waals surface area contributed by atoms with E-state index in [1.807, 2.05) is 12.1 Å². The van der Waals surface area contributed by atoms with Crippen LogP contribution in [0.3, 0.4) is 0 Å². The van der Waals surface area contributed by atoms with Gasteiger partial charge < -0.3 is 15.4 Å². The second-order valence-corrected chi connectivity index (χ2v) is 4.62. The number of amides is 1. The summed E-state index contributed by atoms with van der Waals surface area (Å²) in [5.41, 5.74) is 0.987. The summed E-state index contributed by atoms with van der Waals surface area (Å²) in [6.07, 6.45) is 2.73. The van der Waals surface area contributed by atoms with Gasteiger partial charge in [0.25, 0.3) is 0 Å². The molecule has 1 fully saturated rings. The zero-order chi connectivity index (χ0) is 13.0. The molecule has 1 saturated heterocycles. The second kappa shape index (κ2) is 5.82. The van der Waals surface area contributed by atoms with E-state index >= 15 is 0 Å². The molecule has 5 heteroatoms. The van der Waals surface area contributed by atoms with Gasteiger partial charge in [0.15, 0.2) is 0 Å². The van der Waals surface area contributed by atoms with Crippen molar-refractivity contribution < 1.29 is 9.53 Å². The average Bonchev–Trinajstić information content (AvgIpc) is 2.82. The molecule has 1 amide bonds. The Morgan fingerprint density at radius 2 is 2.50 bits per heavy atom. The van der Waals surface area contributed by atoms with Crippen LogP contribution in [0.2, 0.25) is 0 Å². The van der Waals surface area contributed by atoms with Crippen LogP contribution >= 0.6 is 0 Å². The minimum absolute atomic E-state index is 0.0614. The molecule has 0 radical (unpaired) electrons. The van der Waals surface area contributed by atoms with E-state index in [0.29, 0.717) is 18.3 Å². The number of ether oxygens (including phenoxy) is 1. The Bertz CT molecular complexity index is 422. The Hall–Kier alpha value is -1.62. The number of nitrogens with one attached hydrogen (secondary N) is 2. The monoisotopic (exact) mass is 249 g/mol. The van der Waals surface area contributed by atoms with E-state index in [9.17, 15) is 4.79 Å². The number of hydrogen-bond acceptors (Lipinski definition) is 4. The topological polar surface area (TPSA) is 63.2 Å². The molecule has 0 spiro atoms. The van der Waals surface area contributed by atoms with Gasteiger partial charge in [-0.2, -0.15) is 0 Å². The Morgan fingerprint density at radius 1 is 1.67 bits per heavy atom. The molecule has 2 heterocycles. The van der Waals surface area contributed by atoms with Crippen LogP contribution in [0.1, 0.15) is 18.9 Å². The van der Waals surface area contributed by atoms with Crippen molar-refractivity contribution in [1.82, 2.24) is 15.6 Å². The van der Waals surface area contributed by atoms with E-state index in [-0.39, 0.29) is 11.9 Å². The lowest BCUT2D eigenvalue weighted by Crippen LogP contribution is -2.42. The predicted molar refractivity (Wildman–Crippen MR) is 68.2 cm³/mol. The lowest BCUT2D eigenvalue weighted by molar-refractivity contribution is -0.123. The van der Waals surface area contributed by atoms with Crippen LogP contribution in [-0.4, -0.2) is 30.6 Å². The molecular weight excluding hydrogens is 230 g/mol. The number of methoxy groups -OCH3 is 1. The number of hydrogen-bond donors (Lipinski definition) is 2. The van der Waals surface area contributed by atoms with Crippen molar-refractivity contribution in [2.45, 2.75) is 25.9 Å². The van der Waals surface area contributed by atoms with Gasteiger partial charge in [-0.25, -0.2) is 4.98 Å². The third kappa shape index (κ3) is 2.98. The van der Waals surface area contributed by atoms with Crippen molar-refractivity contribution in [3.63, 3.8) is 0 Å². The zero-order valence-corrected chi connectivity index (χ0v) is 10.8. The Kier molecular flexibility index (Phi) is 4.15. The molecule has 0 aliphatic carbocycles. The van der Waals surface area contributed by atoms with Gasteiger partial charge in [0.1, 0.15) is 0 Å². The summed E-state index contributed by atoms with van der Waals surface area (Å²) in [6, 6.07) is 3.63. The highest BCUT2D eigenvalue weighted by atomic mass is 16.5. The van der Waals surface area contributed by atoms with Crippen LogP contribution in [0.5, 0.6) is 5.88 Å². The molecule has 1 aromatic heterocycles. The summed E-state index contributed by atoms with van der Waals surface area (Å²) in [7, 11) is 1.58. The number of carbonyl (C=O) groups is 1. The molecule has 2 rings (SSSR count). The first-order valence-electron chi connectivity index (χ1n) is 6.20. The van der Waals surface area contributed by atoms with Crippen molar-refractivity contribution in [3.05, 3.63) is 23.9 Å². The SMILES string of the molecule is COc1cc(CNC(=O)C2NCCC2C)ccn1. The Balaban J connectivity index is 1.88. The molecule has 0 saturated carbocycles. The van der Waals surface area contributed by atoms with Gasteiger partial charge in [-0.3, -0.25) is 4.79 Å². The van der Waals surface area contributed by atoms with Crippen molar-refractivity contribution in [1.29, 1.82) is 0 Å². The highest BCUT2D eigenvalue weighted by Gasteiger charge is 2.28. The fraction of sp³-hybridized carbons (Fsp3) is 0.538. The van der Waals surface area contributed by atoms with Crippen molar-refractivity contribution in [2.24, 2.45) is 5.92 Å². The normalized spacial score (nSPS) is 22.8. The van der Waals surface area contributed by atoms with Crippen LogP contribution in [0, 0.1) is 5.92 Å². The molecule has 1 aliphatic heterocycles. The maximum absolute atomic E-state index is 12.0. The number of aromatic nitrogens is 1. The smallest absolute Gasteiger partial charge is 0.237 e. The Labute approximate surface area is 107 Å². The summed E-state index contributed by atoms with van der Waals surface area (Å²) in [6.45, 7) is 3.52. The molecule has 1 aromatic rings. The van der Waals surface area contributed by atoms with E-state index in [0.717, 1.165) is 18.5 Å². The maximum Gasteiger partial charge on any atom is 0.237 e. The highest BCUT2D eigenvalue weighted by molar-refractivity contribution is 5.82. The number of nitrogens with zero attached hydrogens (tertiary/aromatic N) is 1. The standard InChI is InChI=1S/C13H19N3O2/c1-9-3-5-15-12(9)13(17)16-8-10-4-6-14-11(7-10)18-2/h4,6-7,9,12,15H,3,5,8H2,1-2H3,(H,16,17). The number of pyridine rings is 1. The first-order valence-corrected chi connectivity index (χ1v) is 6.20. The van der Waals surface area contributed by atoms with Crippen LogP contribution in [0.25, 0.3) is 0 Å². The van der Waals surface area contributed by atoms with Crippen LogP contribution in [0.4, 0.5) is 0 Å². The largest absolute Gasteiger partial charge is 0.481 e.